The lowest BCUT2D eigenvalue weighted by Gasteiger charge is -2.34. The second kappa shape index (κ2) is 4.06. The van der Waals surface area contributed by atoms with Gasteiger partial charge in [0.25, 0.3) is 5.91 Å². The molecule has 2 atom stereocenters. The summed E-state index contributed by atoms with van der Waals surface area (Å²) in [5.41, 5.74) is 7.17. The third kappa shape index (κ3) is 1.87. The van der Waals surface area contributed by atoms with Crippen LogP contribution in [0.3, 0.4) is 0 Å². The summed E-state index contributed by atoms with van der Waals surface area (Å²) in [6.45, 7) is 0.119. The van der Waals surface area contributed by atoms with Crippen molar-refractivity contribution in [3.63, 3.8) is 0 Å². The fourth-order valence-electron chi connectivity index (χ4n) is 3.52. The molecule has 2 aliphatic carbocycles. The largest absolute Gasteiger partial charge is 0.368 e. The standard InChI is InChI=1S/C16H17FN2O2/c17-13-6-16(13)8-19(7-14(18)20)15(21)11-4-3-10(5-12(11)16)9-1-2-9/h3-5,9,13H,1-2,6-8H2,(H2,18,20). The van der Waals surface area contributed by atoms with Crippen molar-refractivity contribution in [1.29, 1.82) is 0 Å². The Balaban J connectivity index is 1.77. The predicted octanol–water partition coefficient (Wildman–Crippen LogP) is 1.48. The minimum atomic E-state index is -0.936. The highest BCUT2D eigenvalue weighted by atomic mass is 19.1. The van der Waals surface area contributed by atoms with Crippen molar-refractivity contribution in [2.75, 3.05) is 13.1 Å². The summed E-state index contributed by atoms with van der Waals surface area (Å²) in [5.74, 6) is -0.202. The van der Waals surface area contributed by atoms with E-state index in [2.05, 4.69) is 0 Å². The molecule has 1 spiro atoms. The number of fused-ring (bicyclic) bond motifs is 2. The van der Waals surface area contributed by atoms with Gasteiger partial charge in [-0.2, -0.15) is 0 Å². The number of primary amides is 1. The van der Waals surface area contributed by atoms with Crippen molar-refractivity contribution in [1.82, 2.24) is 4.90 Å². The molecule has 110 valence electrons. The lowest BCUT2D eigenvalue weighted by molar-refractivity contribution is -0.118. The molecule has 3 aliphatic rings. The van der Waals surface area contributed by atoms with E-state index in [-0.39, 0.29) is 19.0 Å². The van der Waals surface area contributed by atoms with Crippen LogP contribution in [0.5, 0.6) is 0 Å². The fourth-order valence-corrected chi connectivity index (χ4v) is 3.52. The van der Waals surface area contributed by atoms with Gasteiger partial charge in [0.2, 0.25) is 5.91 Å². The number of rotatable bonds is 3. The van der Waals surface area contributed by atoms with Gasteiger partial charge in [-0.3, -0.25) is 9.59 Å². The van der Waals surface area contributed by atoms with E-state index in [1.165, 1.54) is 23.3 Å². The first-order chi connectivity index (χ1) is 10.0. The highest BCUT2D eigenvalue weighted by Crippen LogP contribution is 2.55. The topological polar surface area (TPSA) is 63.4 Å². The smallest absolute Gasteiger partial charge is 0.254 e. The second-order valence-corrected chi connectivity index (χ2v) is 6.53. The molecule has 1 aliphatic heterocycles. The van der Waals surface area contributed by atoms with Crippen LogP contribution in [0.2, 0.25) is 0 Å². The summed E-state index contributed by atoms with van der Waals surface area (Å²) < 4.78 is 14.1. The van der Waals surface area contributed by atoms with E-state index in [0.29, 0.717) is 17.9 Å². The SMILES string of the molecule is NC(=O)CN1CC2(CC2F)c2cc(C3CC3)ccc2C1=O. The summed E-state index contributed by atoms with van der Waals surface area (Å²) in [6, 6.07) is 5.78. The maximum atomic E-state index is 14.1. The maximum absolute atomic E-state index is 14.1. The number of nitrogens with two attached hydrogens (primary N) is 1. The molecule has 5 heteroatoms. The maximum Gasteiger partial charge on any atom is 0.254 e. The van der Waals surface area contributed by atoms with E-state index in [1.54, 1.807) is 6.07 Å². The van der Waals surface area contributed by atoms with Crippen LogP contribution in [-0.2, 0) is 10.2 Å². The Morgan fingerprint density at radius 1 is 1.43 bits per heavy atom. The molecule has 4 nitrogen and oxygen atoms in total. The summed E-state index contributed by atoms with van der Waals surface area (Å²) in [5, 5.41) is 0. The summed E-state index contributed by atoms with van der Waals surface area (Å²) in [4.78, 5) is 25.0. The zero-order chi connectivity index (χ0) is 14.8. The quantitative estimate of drug-likeness (QED) is 0.915. The molecule has 2 amide bonds. The van der Waals surface area contributed by atoms with Crippen LogP contribution in [-0.4, -0.2) is 36.0 Å². The van der Waals surface area contributed by atoms with Crippen LogP contribution in [0.25, 0.3) is 0 Å². The Hall–Kier alpha value is -1.91. The molecule has 0 aromatic heterocycles. The Kier molecular flexibility index (Phi) is 2.47. The van der Waals surface area contributed by atoms with E-state index in [1.807, 2.05) is 12.1 Å². The number of amides is 2. The van der Waals surface area contributed by atoms with Gasteiger partial charge in [-0.15, -0.1) is 0 Å². The highest BCUT2D eigenvalue weighted by molar-refractivity contribution is 5.99. The average molecular weight is 288 g/mol. The van der Waals surface area contributed by atoms with Gasteiger partial charge in [0.05, 0.1) is 6.54 Å². The first-order valence-electron chi connectivity index (χ1n) is 7.37. The minimum Gasteiger partial charge on any atom is -0.368 e. The predicted molar refractivity (Wildman–Crippen MR) is 74.7 cm³/mol. The Morgan fingerprint density at radius 3 is 2.71 bits per heavy atom. The Bertz CT molecular complexity index is 656. The number of benzene rings is 1. The third-order valence-corrected chi connectivity index (χ3v) is 4.95. The van der Waals surface area contributed by atoms with E-state index < -0.39 is 17.5 Å². The van der Waals surface area contributed by atoms with Crippen LogP contribution >= 0.6 is 0 Å². The van der Waals surface area contributed by atoms with Crippen LogP contribution in [0, 0.1) is 0 Å². The third-order valence-electron chi connectivity index (χ3n) is 4.95. The number of carbonyl (C=O) groups excluding carboxylic acids is 2. The number of hydrogen-bond donors (Lipinski definition) is 1. The molecule has 2 saturated carbocycles. The highest BCUT2D eigenvalue weighted by Gasteiger charge is 2.61. The van der Waals surface area contributed by atoms with Crippen molar-refractivity contribution < 1.29 is 14.0 Å². The van der Waals surface area contributed by atoms with E-state index in [0.717, 1.165) is 5.56 Å². The van der Waals surface area contributed by atoms with Gasteiger partial charge in [0.15, 0.2) is 0 Å². The molecular weight excluding hydrogens is 271 g/mol. The molecule has 1 heterocycles. The van der Waals surface area contributed by atoms with Gasteiger partial charge >= 0.3 is 0 Å². The van der Waals surface area contributed by atoms with Gasteiger partial charge in [0.1, 0.15) is 6.17 Å². The monoisotopic (exact) mass is 288 g/mol. The van der Waals surface area contributed by atoms with Crippen LogP contribution in [0.4, 0.5) is 4.39 Å². The second-order valence-electron chi connectivity index (χ2n) is 6.53. The van der Waals surface area contributed by atoms with Crippen molar-refractivity contribution >= 4 is 11.8 Å². The number of carbonyl (C=O) groups is 2. The Morgan fingerprint density at radius 2 is 2.14 bits per heavy atom. The van der Waals surface area contributed by atoms with Gasteiger partial charge in [-0.25, -0.2) is 4.39 Å². The Labute approximate surface area is 122 Å². The van der Waals surface area contributed by atoms with Gasteiger partial charge in [-0.05, 0) is 42.4 Å². The van der Waals surface area contributed by atoms with E-state index in [4.69, 9.17) is 5.73 Å². The molecule has 2 unspecified atom stereocenters. The molecule has 4 rings (SSSR count). The number of nitrogens with zero attached hydrogens (tertiary/aromatic N) is 1. The van der Waals surface area contributed by atoms with Gasteiger partial charge < -0.3 is 10.6 Å². The van der Waals surface area contributed by atoms with Crippen molar-refractivity contribution in [3.05, 3.63) is 34.9 Å². The summed E-state index contributed by atoms with van der Waals surface area (Å²) in [6.07, 6.45) is 1.84. The first-order valence-corrected chi connectivity index (χ1v) is 7.37. The normalized spacial score (nSPS) is 30.4. The van der Waals surface area contributed by atoms with Gasteiger partial charge in [-0.1, -0.05) is 12.1 Å². The molecule has 1 aromatic carbocycles. The van der Waals surface area contributed by atoms with Crippen molar-refractivity contribution in [3.8, 4) is 0 Å². The van der Waals surface area contributed by atoms with Crippen LogP contribution in [0.1, 0.15) is 46.7 Å². The lowest BCUT2D eigenvalue weighted by atomic mass is 9.84. The molecule has 2 fully saturated rings. The number of hydrogen-bond acceptors (Lipinski definition) is 2. The van der Waals surface area contributed by atoms with Gasteiger partial charge in [0, 0.05) is 17.5 Å². The molecule has 1 aromatic rings. The number of alkyl halides is 1. The zero-order valence-corrected chi connectivity index (χ0v) is 11.6. The minimum absolute atomic E-state index is 0.142. The van der Waals surface area contributed by atoms with Crippen LogP contribution in [0.15, 0.2) is 18.2 Å². The number of halogens is 1. The van der Waals surface area contributed by atoms with E-state index in [9.17, 15) is 14.0 Å². The van der Waals surface area contributed by atoms with Crippen molar-refractivity contribution in [2.24, 2.45) is 5.73 Å². The molecular formula is C16H17FN2O2. The van der Waals surface area contributed by atoms with Crippen molar-refractivity contribution in [2.45, 2.75) is 36.8 Å². The van der Waals surface area contributed by atoms with E-state index >= 15 is 0 Å². The molecule has 2 N–H and O–H groups in total. The first kappa shape index (κ1) is 12.8. The summed E-state index contributed by atoms with van der Waals surface area (Å²) >= 11 is 0. The zero-order valence-electron chi connectivity index (χ0n) is 11.6. The van der Waals surface area contributed by atoms with Crippen LogP contribution < -0.4 is 5.73 Å². The molecule has 21 heavy (non-hydrogen) atoms. The summed E-state index contributed by atoms with van der Waals surface area (Å²) in [7, 11) is 0. The average Bonchev–Trinajstić information content (AvgIpc) is 3.33. The lowest BCUT2D eigenvalue weighted by Crippen LogP contribution is -2.47. The molecule has 0 bridgehead atoms. The molecule has 0 saturated heterocycles. The fraction of sp³-hybridized carbons (Fsp3) is 0.500. The molecule has 0 radical (unpaired) electrons.